The number of hydrogen-bond donors (Lipinski definition) is 3. The molecule has 0 bridgehead atoms. The van der Waals surface area contributed by atoms with Crippen LogP contribution in [0, 0.1) is 0 Å². The molecule has 0 aliphatic carbocycles. The molecule has 0 fully saturated rings. The first kappa shape index (κ1) is 11.0. The third-order valence-corrected chi connectivity index (χ3v) is 1.23. The molecule has 6 heteroatoms. The van der Waals surface area contributed by atoms with Crippen molar-refractivity contribution < 1.29 is 29.6 Å². The molecule has 0 aliphatic heterocycles. The number of carbonyl (C=O) groups excluding carboxylic acids is 2. The van der Waals surface area contributed by atoms with Crippen LogP contribution in [0.15, 0.2) is 0 Å². The molecule has 3 N–H and O–H groups in total. The molecule has 6 nitrogen and oxygen atoms in total. The van der Waals surface area contributed by atoms with Crippen LogP contribution in [0.3, 0.4) is 0 Å². The van der Waals surface area contributed by atoms with Gasteiger partial charge < -0.3 is 20.1 Å². The van der Waals surface area contributed by atoms with Crippen LogP contribution in [-0.2, 0) is 14.3 Å². The van der Waals surface area contributed by atoms with Crippen LogP contribution in [0.5, 0.6) is 0 Å². The van der Waals surface area contributed by atoms with E-state index in [9.17, 15) is 9.59 Å². The quantitative estimate of drug-likeness (QED) is 0.409. The first-order valence-electron chi connectivity index (χ1n) is 3.12. The van der Waals surface area contributed by atoms with Crippen LogP contribution in [0.25, 0.3) is 0 Å². The summed E-state index contributed by atoms with van der Waals surface area (Å²) in [6.07, 6.45) is -3.86. The highest BCUT2D eigenvalue weighted by Gasteiger charge is 2.30. The number of carbonyl (C=O) groups is 2. The Morgan fingerprint density at radius 2 is 1.83 bits per heavy atom. The van der Waals surface area contributed by atoms with E-state index in [1.807, 2.05) is 0 Å². The Morgan fingerprint density at radius 3 is 2.17 bits per heavy atom. The molecule has 0 spiro atoms. The van der Waals surface area contributed by atoms with Crippen molar-refractivity contribution in [1.29, 1.82) is 0 Å². The molecular formula is C6H10O6. The van der Waals surface area contributed by atoms with E-state index in [2.05, 4.69) is 4.74 Å². The van der Waals surface area contributed by atoms with Gasteiger partial charge in [-0.3, -0.25) is 4.79 Å². The molecule has 0 aromatic carbocycles. The zero-order valence-corrected chi connectivity index (χ0v) is 6.43. The number of methoxy groups -OCH3 is 1. The molecule has 0 aliphatic rings. The summed E-state index contributed by atoms with van der Waals surface area (Å²) in [6.45, 7) is -0.935. The van der Waals surface area contributed by atoms with E-state index in [4.69, 9.17) is 15.3 Å². The lowest BCUT2D eigenvalue weighted by molar-refractivity contribution is -0.161. The molecule has 0 heterocycles. The van der Waals surface area contributed by atoms with E-state index in [-0.39, 0.29) is 0 Å². The Kier molecular flexibility index (Phi) is 4.42. The minimum absolute atomic E-state index is 0.935. The van der Waals surface area contributed by atoms with Crippen LogP contribution >= 0.6 is 0 Å². The van der Waals surface area contributed by atoms with Gasteiger partial charge in [-0.15, -0.1) is 0 Å². The number of Topliss-reactive ketones (excluding diaryl/α,β-unsaturated/α-hetero) is 1. The van der Waals surface area contributed by atoms with Crippen LogP contribution in [0.2, 0.25) is 0 Å². The fraction of sp³-hybridized carbons (Fsp3) is 0.667. The number of rotatable bonds is 4. The van der Waals surface area contributed by atoms with E-state index < -0.39 is 30.6 Å². The number of aliphatic hydroxyl groups is 3. The maximum absolute atomic E-state index is 10.5. The molecule has 2 atom stereocenters. The predicted molar refractivity (Wildman–Crippen MR) is 36.1 cm³/mol. The summed E-state index contributed by atoms with van der Waals surface area (Å²) < 4.78 is 4.04. The highest BCUT2D eigenvalue weighted by Crippen LogP contribution is 1.97. The number of hydrogen-bond acceptors (Lipinski definition) is 6. The Morgan fingerprint density at radius 1 is 1.33 bits per heavy atom. The second-order valence-electron chi connectivity index (χ2n) is 2.04. The summed E-state index contributed by atoms with van der Waals surface area (Å²) in [4.78, 5) is 21.0. The first-order chi connectivity index (χ1) is 5.54. The van der Waals surface area contributed by atoms with Gasteiger partial charge in [-0.1, -0.05) is 0 Å². The summed E-state index contributed by atoms with van der Waals surface area (Å²) in [7, 11) is 1.00. The van der Waals surface area contributed by atoms with Crippen molar-refractivity contribution in [1.82, 2.24) is 0 Å². The molecule has 0 aromatic heterocycles. The third kappa shape index (κ3) is 2.57. The van der Waals surface area contributed by atoms with Gasteiger partial charge in [0.1, 0.15) is 6.61 Å². The lowest BCUT2D eigenvalue weighted by Crippen LogP contribution is -2.41. The van der Waals surface area contributed by atoms with Crippen LogP contribution in [0.4, 0.5) is 0 Å². The lowest BCUT2D eigenvalue weighted by Gasteiger charge is -2.12. The van der Waals surface area contributed by atoms with Gasteiger partial charge in [-0.2, -0.15) is 0 Å². The van der Waals surface area contributed by atoms with Gasteiger partial charge in [-0.25, -0.2) is 4.79 Å². The van der Waals surface area contributed by atoms with Gasteiger partial charge >= 0.3 is 5.97 Å². The predicted octanol–water partition coefficient (Wildman–Crippen LogP) is -2.56. The lowest BCUT2D eigenvalue weighted by atomic mass is 10.1. The summed E-state index contributed by atoms with van der Waals surface area (Å²) in [5, 5.41) is 25.9. The number of ether oxygens (including phenoxy) is 1. The molecule has 0 rings (SSSR count). The fourth-order valence-corrected chi connectivity index (χ4v) is 0.519. The van der Waals surface area contributed by atoms with E-state index in [0.717, 1.165) is 7.11 Å². The second-order valence-corrected chi connectivity index (χ2v) is 2.04. The van der Waals surface area contributed by atoms with Gasteiger partial charge in [0.25, 0.3) is 0 Å². The van der Waals surface area contributed by atoms with Gasteiger partial charge in [0, 0.05) is 0 Å². The van der Waals surface area contributed by atoms with E-state index in [1.165, 1.54) is 0 Å². The summed E-state index contributed by atoms with van der Waals surface area (Å²) in [6, 6.07) is 0. The maximum Gasteiger partial charge on any atom is 0.337 e. The number of esters is 1. The maximum atomic E-state index is 10.5. The molecular weight excluding hydrogens is 168 g/mol. The highest BCUT2D eigenvalue weighted by molar-refractivity contribution is 5.90. The van der Waals surface area contributed by atoms with Crippen molar-refractivity contribution in [3.05, 3.63) is 0 Å². The van der Waals surface area contributed by atoms with Gasteiger partial charge in [-0.05, 0) is 0 Å². The number of aliphatic hydroxyl groups excluding tert-OH is 3. The monoisotopic (exact) mass is 178 g/mol. The molecule has 70 valence electrons. The standard InChI is InChI=1S/C6H10O6/c1-12-6(11)5(10)4(9)3(8)2-7/h4-5,7,9-10H,2H2,1H3/t4-,5+/m0/s1. The Hall–Kier alpha value is -0.980. The fourth-order valence-electron chi connectivity index (χ4n) is 0.519. The minimum Gasteiger partial charge on any atom is -0.467 e. The van der Waals surface area contributed by atoms with Crippen molar-refractivity contribution in [3.63, 3.8) is 0 Å². The number of ketones is 1. The van der Waals surface area contributed by atoms with Gasteiger partial charge in [0.05, 0.1) is 7.11 Å². The SMILES string of the molecule is COC(=O)[C@H](O)[C@@H](O)C(=O)CO. The smallest absolute Gasteiger partial charge is 0.337 e. The Labute approximate surface area is 68.4 Å². The summed E-state index contributed by atoms with van der Waals surface area (Å²) in [5.74, 6) is -2.16. The Balaban J connectivity index is 4.18. The largest absolute Gasteiger partial charge is 0.467 e. The van der Waals surface area contributed by atoms with Crippen LogP contribution in [-0.4, -0.2) is 53.0 Å². The molecule has 0 aromatic rings. The van der Waals surface area contributed by atoms with Crippen molar-refractivity contribution in [2.45, 2.75) is 12.2 Å². The molecule has 0 radical (unpaired) electrons. The average Bonchev–Trinajstić information content (AvgIpc) is 2.12. The third-order valence-electron chi connectivity index (χ3n) is 1.23. The van der Waals surface area contributed by atoms with Crippen LogP contribution < -0.4 is 0 Å². The van der Waals surface area contributed by atoms with Crippen molar-refractivity contribution in [2.24, 2.45) is 0 Å². The summed E-state index contributed by atoms with van der Waals surface area (Å²) >= 11 is 0. The highest BCUT2D eigenvalue weighted by atomic mass is 16.5. The second kappa shape index (κ2) is 4.81. The van der Waals surface area contributed by atoms with Gasteiger partial charge in [0.2, 0.25) is 0 Å². The minimum atomic E-state index is -1.94. The van der Waals surface area contributed by atoms with Crippen molar-refractivity contribution >= 4 is 11.8 Å². The van der Waals surface area contributed by atoms with E-state index in [1.54, 1.807) is 0 Å². The molecule has 12 heavy (non-hydrogen) atoms. The molecule has 0 saturated heterocycles. The molecule has 0 unspecified atom stereocenters. The first-order valence-corrected chi connectivity index (χ1v) is 3.12. The topological polar surface area (TPSA) is 104 Å². The average molecular weight is 178 g/mol. The zero-order chi connectivity index (χ0) is 9.72. The Bertz CT molecular complexity index is 157. The summed E-state index contributed by atoms with van der Waals surface area (Å²) in [5.41, 5.74) is 0. The van der Waals surface area contributed by atoms with E-state index >= 15 is 0 Å². The van der Waals surface area contributed by atoms with E-state index in [0.29, 0.717) is 0 Å². The van der Waals surface area contributed by atoms with Crippen molar-refractivity contribution in [3.8, 4) is 0 Å². The molecule has 0 amide bonds. The molecule has 0 saturated carbocycles. The van der Waals surface area contributed by atoms with Gasteiger partial charge in [0.15, 0.2) is 18.0 Å². The zero-order valence-electron chi connectivity index (χ0n) is 6.43. The normalized spacial score (nSPS) is 15.0. The van der Waals surface area contributed by atoms with Crippen LogP contribution in [0.1, 0.15) is 0 Å². The van der Waals surface area contributed by atoms with Crippen molar-refractivity contribution in [2.75, 3.05) is 13.7 Å².